The average Bonchev–Trinajstić information content (AvgIpc) is 3.31. The van der Waals surface area contributed by atoms with Gasteiger partial charge in [-0.25, -0.2) is 4.98 Å². The molecule has 136 valence electrons. The van der Waals surface area contributed by atoms with Crippen molar-refractivity contribution >= 4 is 51.4 Å². The molecule has 2 saturated heterocycles. The first-order valence-electron chi connectivity index (χ1n) is 8.59. The van der Waals surface area contributed by atoms with Gasteiger partial charge in [-0.15, -0.1) is 11.3 Å². The predicted molar refractivity (Wildman–Crippen MR) is 110 cm³/mol. The van der Waals surface area contributed by atoms with Gasteiger partial charge in [-0.1, -0.05) is 6.07 Å². The number of hydrogen-bond acceptors (Lipinski definition) is 5. The largest absolute Gasteiger partial charge is 0.335 e. The molecule has 0 radical (unpaired) electrons. The molecule has 0 saturated carbocycles. The first kappa shape index (κ1) is 17.9. The average molecular weight is 482 g/mol. The molecule has 0 bridgehead atoms. The molecule has 2 fully saturated rings. The Morgan fingerprint density at radius 1 is 1.23 bits per heavy atom. The minimum absolute atomic E-state index is 0.00823. The van der Waals surface area contributed by atoms with E-state index >= 15 is 0 Å². The number of carbonyl (C=O) groups is 2. The zero-order valence-corrected chi connectivity index (χ0v) is 17.1. The highest BCUT2D eigenvalue weighted by Gasteiger charge is 2.36. The fourth-order valence-corrected chi connectivity index (χ4v) is 4.65. The highest BCUT2D eigenvalue weighted by atomic mass is 127. The number of carbonyl (C=O) groups excluding carboxylic acids is 2. The summed E-state index contributed by atoms with van der Waals surface area (Å²) in [6.07, 6.45) is 0.547. The van der Waals surface area contributed by atoms with Crippen LogP contribution in [0.15, 0.2) is 35.2 Å². The van der Waals surface area contributed by atoms with Gasteiger partial charge in [0, 0.05) is 59.8 Å². The highest BCUT2D eigenvalue weighted by Crippen LogP contribution is 2.26. The van der Waals surface area contributed by atoms with Crippen LogP contribution in [-0.2, 0) is 4.79 Å². The van der Waals surface area contributed by atoms with Gasteiger partial charge in [-0.3, -0.25) is 14.5 Å². The summed E-state index contributed by atoms with van der Waals surface area (Å²) in [5.41, 5.74) is 3.19. The Bertz CT molecular complexity index is 805. The second-order valence-corrected chi connectivity index (χ2v) is 8.51. The van der Waals surface area contributed by atoms with Gasteiger partial charge in [0.05, 0.1) is 5.51 Å². The quantitative estimate of drug-likeness (QED) is 0.631. The van der Waals surface area contributed by atoms with E-state index in [0.717, 1.165) is 28.9 Å². The number of benzene rings is 1. The standard InChI is InChI=1S/C18H19IN4O2S/c19-13-2-1-3-14(8-13)23-10-15(9-17(23)24)21-4-6-22(7-5-21)18(25)16-11-26-12-20-16/h1-3,8,11-12,15H,4-7,9-10H2. The Morgan fingerprint density at radius 3 is 2.73 bits per heavy atom. The number of hydrogen-bond donors (Lipinski definition) is 0. The molecule has 0 N–H and O–H groups in total. The van der Waals surface area contributed by atoms with Crippen LogP contribution < -0.4 is 4.90 Å². The van der Waals surface area contributed by atoms with Crippen LogP contribution in [0.4, 0.5) is 5.69 Å². The SMILES string of the molecule is O=C(c1cscn1)N1CCN(C2CC(=O)N(c3cccc(I)c3)C2)CC1. The molecule has 8 heteroatoms. The number of amides is 2. The summed E-state index contributed by atoms with van der Waals surface area (Å²) < 4.78 is 1.13. The summed E-state index contributed by atoms with van der Waals surface area (Å²) in [4.78, 5) is 35.1. The topological polar surface area (TPSA) is 56.8 Å². The van der Waals surface area contributed by atoms with E-state index in [1.807, 2.05) is 34.1 Å². The maximum Gasteiger partial charge on any atom is 0.273 e. The molecule has 0 aliphatic carbocycles. The van der Waals surface area contributed by atoms with Gasteiger partial charge in [-0.2, -0.15) is 0 Å². The third-order valence-electron chi connectivity index (χ3n) is 4.99. The van der Waals surface area contributed by atoms with Crippen LogP contribution in [0, 0.1) is 3.57 Å². The lowest BCUT2D eigenvalue weighted by molar-refractivity contribution is -0.117. The van der Waals surface area contributed by atoms with Crippen LogP contribution in [-0.4, -0.2) is 65.4 Å². The van der Waals surface area contributed by atoms with Gasteiger partial charge in [0.2, 0.25) is 5.91 Å². The van der Waals surface area contributed by atoms with Gasteiger partial charge in [0.15, 0.2) is 0 Å². The molecule has 26 heavy (non-hydrogen) atoms. The maximum absolute atomic E-state index is 12.5. The third kappa shape index (κ3) is 3.63. The van der Waals surface area contributed by atoms with E-state index in [-0.39, 0.29) is 17.9 Å². The first-order chi connectivity index (χ1) is 12.6. The van der Waals surface area contributed by atoms with Crippen LogP contribution in [0.25, 0.3) is 0 Å². The number of rotatable bonds is 3. The van der Waals surface area contributed by atoms with Gasteiger partial charge in [-0.05, 0) is 40.8 Å². The molecule has 3 heterocycles. The molecule has 2 aliphatic heterocycles. The lowest BCUT2D eigenvalue weighted by atomic mass is 10.2. The number of anilines is 1. The van der Waals surface area contributed by atoms with Crippen LogP contribution in [0.2, 0.25) is 0 Å². The molecule has 6 nitrogen and oxygen atoms in total. The maximum atomic E-state index is 12.5. The normalized spacial score (nSPS) is 21.4. The molecule has 2 amide bonds. The van der Waals surface area contributed by atoms with E-state index in [2.05, 4.69) is 32.5 Å². The molecule has 1 aromatic heterocycles. The Hall–Kier alpha value is -1.52. The van der Waals surface area contributed by atoms with Crippen molar-refractivity contribution in [3.63, 3.8) is 0 Å². The zero-order valence-electron chi connectivity index (χ0n) is 14.2. The van der Waals surface area contributed by atoms with Crippen molar-refractivity contribution in [2.24, 2.45) is 0 Å². The van der Waals surface area contributed by atoms with Crippen molar-refractivity contribution in [1.29, 1.82) is 0 Å². The summed E-state index contributed by atoms with van der Waals surface area (Å²) in [5, 5.41) is 1.80. The zero-order chi connectivity index (χ0) is 18.1. The van der Waals surface area contributed by atoms with Crippen LogP contribution in [0.1, 0.15) is 16.9 Å². The summed E-state index contributed by atoms with van der Waals surface area (Å²) in [6, 6.07) is 8.27. The van der Waals surface area contributed by atoms with Crippen molar-refractivity contribution < 1.29 is 9.59 Å². The molecule has 2 aliphatic rings. The second kappa shape index (κ2) is 7.61. The summed E-state index contributed by atoms with van der Waals surface area (Å²) >= 11 is 3.71. The van der Waals surface area contributed by atoms with Crippen molar-refractivity contribution in [3.05, 3.63) is 44.4 Å². The van der Waals surface area contributed by atoms with Crippen molar-refractivity contribution in [1.82, 2.24) is 14.8 Å². The van der Waals surface area contributed by atoms with Crippen LogP contribution in [0.5, 0.6) is 0 Å². The van der Waals surface area contributed by atoms with Crippen molar-refractivity contribution in [2.75, 3.05) is 37.6 Å². The van der Waals surface area contributed by atoms with E-state index in [1.54, 1.807) is 10.9 Å². The van der Waals surface area contributed by atoms with E-state index in [0.29, 0.717) is 25.2 Å². The van der Waals surface area contributed by atoms with E-state index in [1.165, 1.54) is 11.3 Å². The number of piperazine rings is 1. The molecular formula is C18H19IN4O2S. The molecule has 2 aromatic rings. The highest BCUT2D eigenvalue weighted by molar-refractivity contribution is 14.1. The fraction of sp³-hybridized carbons (Fsp3) is 0.389. The van der Waals surface area contributed by atoms with E-state index < -0.39 is 0 Å². The van der Waals surface area contributed by atoms with Gasteiger partial charge in [0.25, 0.3) is 5.91 Å². The number of nitrogens with zero attached hydrogens (tertiary/aromatic N) is 4. The molecule has 4 rings (SSSR count). The Morgan fingerprint density at radius 2 is 2.04 bits per heavy atom. The minimum atomic E-state index is 0.00823. The minimum Gasteiger partial charge on any atom is -0.335 e. The number of aromatic nitrogens is 1. The van der Waals surface area contributed by atoms with Gasteiger partial charge >= 0.3 is 0 Å². The smallest absolute Gasteiger partial charge is 0.273 e. The summed E-state index contributed by atoms with van der Waals surface area (Å²) in [6.45, 7) is 3.69. The van der Waals surface area contributed by atoms with Crippen molar-refractivity contribution in [2.45, 2.75) is 12.5 Å². The van der Waals surface area contributed by atoms with Gasteiger partial charge in [0.1, 0.15) is 5.69 Å². The first-order valence-corrected chi connectivity index (χ1v) is 10.6. The molecule has 1 atom stereocenters. The molecule has 0 spiro atoms. The van der Waals surface area contributed by atoms with Crippen LogP contribution >= 0.6 is 33.9 Å². The monoisotopic (exact) mass is 482 g/mol. The van der Waals surface area contributed by atoms with E-state index in [4.69, 9.17) is 0 Å². The lowest BCUT2D eigenvalue weighted by Crippen LogP contribution is -2.52. The molecule has 1 unspecified atom stereocenters. The Kier molecular flexibility index (Phi) is 5.23. The number of thiazole rings is 1. The summed E-state index contributed by atoms with van der Waals surface area (Å²) in [7, 11) is 0. The Labute approximate surface area is 169 Å². The Balaban J connectivity index is 1.36. The fourth-order valence-electron chi connectivity index (χ4n) is 3.60. The van der Waals surface area contributed by atoms with Gasteiger partial charge < -0.3 is 9.80 Å². The lowest BCUT2D eigenvalue weighted by Gasteiger charge is -2.37. The molecule has 1 aromatic carbocycles. The van der Waals surface area contributed by atoms with E-state index in [9.17, 15) is 9.59 Å². The van der Waals surface area contributed by atoms with Crippen LogP contribution in [0.3, 0.4) is 0 Å². The van der Waals surface area contributed by atoms with Crippen molar-refractivity contribution in [3.8, 4) is 0 Å². The summed E-state index contributed by atoms with van der Waals surface area (Å²) in [5.74, 6) is 0.187. The number of halogens is 1. The predicted octanol–water partition coefficient (Wildman–Crippen LogP) is 2.31. The third-order valence-corrected chi connectivity index (χ3v) is 6.25. The second-order valence-electron chi connectivity index (χ2n) is 6.54. The molecular weight excluding hydrogens is 463 g/mol.